The quantitative estimate of drug-likeness (QED) is 0.568. The number of carboxylic acid groups (broad SMARTS) is 1. The molecule has 0 unspecified atom stereocenters. The van der Waals surface area contributed by atoms with Crippen LogP contribution in [0.3, 0.4) is 0 Å². The average molecular weight is 400 g/mol. The van der Waals surface area contributed by atoms with Crippen LogP contribution in [0, 0.1) is 6.92 Å². The first kappa shape index (κ1) is 17.4. The Bertz CT molecular complexity index is 760. The Balaban J connectivity index is 2.42. The number of thioether (sulfide) groups is 1. The number of ether oxygens (including phenoxy) is 2. The number of carboxylic acids is 1. The molecule has 23 heavy (non-hydrogen) atoms. The molecule has 0 spiro atoms. The molecular weight excluding hydrogens is 386 g/mol. The minimum absolute atomic E-state index is 0.0689. The van der Waals surface area contributed by atoms with Gasteiger partial charge in [-0.05, 0) is 46.8 Å². The maximum absolute atomic E-state index is 11.5. The van der Waals surface area contributed by atoms with Gasteiger partial charge in [-0.3, -0.25) is 5.10 Å². The van der Waals surface area contributed by atoms with Gasteiger partial charge in [0.2, 0.25) is 5.16 Å². The fourth-order valence-corrected chi connectivity index (χ4v) is 3.01. The highest BCUT2D eigenvalue weighted by Crippen LogP contribution is 2.35. The van der Waals surface area contributed by atoms with Crippen LogP contribution in [0.15, 0.2) is 26.7 Å². The molecule has 2 rings (SSSR count). The van der Waals surface area contributed by atoms with E-state index in [1.807, 2.05) is 0 Å². The van der Waals surface area contributed by atoms with Crippen molar-refractivity contribution >= 4 is 39.7 Å². The van der Waals surface area contributed by atoms with Crippen molar-refractivity contribution < 1.29 is 19.4 Å². The number of aromatic amines is 1. The van der Waals surface area contributed by atoms with E-state index in [4.69, 9.17) is 9.47 Å². The molecule has 1 aromatic carbocycles. The molecule has 2 aromatic rings. The molecule has 1 heterocycles. The van der Waals surface area contributed by atoms with Crippen molar-refractivity contribution in [1.29, 1.82) is 0 Å². The van der Waals surface area contributed by atoms with Gasteiger partial charge in [-0.25, -0.2) is 9.78 Å². The Labute approximate surface area is 145 Å². The monoisotopic (exact) mass is 399 g/mol. The number of hydrogen-bond acceptors (Lipinski definition) is 6. The lowest BCUT2D eigenvalue weighted by molar-refractivity contribution is -0.131. The van der Waals surface area contributed by atoms with Crippen molar-refractivity contribution in [2.75, 3.05) is 14.2 Å². The molecule has 0 bridgehead atoms. The van der Waals surface area contributed by atoms with E-state index < -0.39 is 5.97 Å². The van der Waals surface area contributed by atoms with E-state index in [2.05, 4.69) is 31.1 Å². The summed E-state index contributed by atoms with van der Waals surface area (Å²) in [6.45, 7) is 1.74. The zero-order valence-electron chi connectivity index (χ0n) is 12.6. The van der Waals surface area contributed by atoms with Crippen LogP contribution in [-0.4, -0.2) is 40.5 Å². The Kier molecular flexibility index (Phi) is 5.67. The van der Waals surface area contributed by atoms with Crippen LogP contribution in [-0.2, 0) is 4.79 Å². The van der Waals surface area contributed by atoms with Crippen LogP contribution in [0.25, 0.3) is 6.08 Å². The van der Waals surface area contributed by atoms with Crippen molar-refractivity contribution in [3.63, 3.8) is 0 Å². The summed E-state index contributed by atoms with van der Waals surface area (Å²) in [6, 6.07) is 3.40. The van der Waals surface area contributed by atoms with Crippen LogP contribution >= 0.6 is 27.7 Å². The standard InChI is InChI=1S/C14H14BrN3O4S/c1-7-16-14(18-17-7)23-12(13(19)20)5-8-4-9(15)11(22-3)6-10(8)21-2/h4-6H,1-3H3,(H,19,20)(H,16,17,18)/b12-5+. The molecule has 0 aliphatic heterocycles. The van der Waals surface area contributed by atoms with Gasteiger partial charge < -0.3 is 14.6 Å². The third-order valence-electron chi connectivity index (χ3n) is 2.78. The number of nitrogens with zero attached hydrogens (tertiary/aromatic N) is 2. The van der Waals surface area contributed by atoms with E-state index in [-0.39, 0.29) is 4.91 Å². The zero-order valence-corrected chi connectivity index (χ0v) is 15.0. The molecule has 7 nitrogen and oxygen atoms in total. The minimum Gasteiger partial charge on any atom is -0.496 e. The number of hydrogen-bond donors (Lipinski definition) is 2. The van der Waals surface area contributed by atoms with E-state index in [0.29, 0.717) is 32.5 Å². The second-order valence-electron chi connectivity index (χ2n) is 4.35. The summed E-state index contributed by atoms with van der Waals surface area (Å²) < 4.78 is 11.2. The van der Waals surface area contributed by atoms with Crippen LogP contribution < -0.4 is 9.47 Å². The predicted molar refractivity (Wildman–Crippen MR) is 89.8 cm³/mol. The van der Waals surface area contributed by atoms with Crippen molar-refractivity contribution in [2.24, 2.45) is 0 Å². The number of aryl methyl sites for hydroxylation is 1. The third kappa shape index (κ3) is 4.26. The molecule has 0 amide bonds. The second kappa shape index (κ2) is 7.51. The summed E-state index contributed by atoms with van der Waals surface area (Å²) >= 11 is 4.33. The molecule has 9 heteroatoms. The first-order valence-corrected chi connectivity index (χ1v) is 7.99. The number of H-pyrrole nitrogens is 1. The normalized spacial score (nSPS) is 11.4. The summed E-state index contributed by atoms with van der Waals surface area (Å²) in [4.78, 5) is 15.7. The van der Waals surface area contributed by atoms with E-state index in [1.165, 1.54) is 13.2 Å². The molecule has 0 aliphatic rings. The molecule has 0 radical (unpaired) electrons. The largest absolute Gasteiger partial charge is 0.496 e. The predicted octanol–water partition coefficient (Wildman–Crippen LogP) is 3.11. The number of aromatic nitrogens is 3. The van der Waals surface area contributed by atoms with Crippen molar-refractivity contribution in [1.82, 2.24) is 15.2 Å². The maximum Gasteiger partial charge on any atom is 0.342 e. The highest BCUT2D eigenvalue weighted by Gasteiger charge is 2.15. The fraction of sp³-hybridized carbons (Fsp3) is 0.214. The number of rotatable bonds is 6. The second-order valence-corrected chi connectivity index (χ2v) is 6.21. The van der Waals surface area contributed by atoms with E-state index in [0.717, 1.165) is 11.8 Å². The van der Waals surface area contributed by atoms with Crippen molar-refractivity contribution in [2.45, 2.75) is 12.1 Å². The van der Waals surface area contributed by atoms with Crippen molar-refractivity contribution in [3.8, 4) is 11.5 Å². The molecular formula is C14H14BrN3O4S. The number of carbonyl (C=O) groups is 1. The van der Waals surface area contributed by atoms with Crippen LogP contribution in [0.4, 0.5) is 0 Å². The molecule has 0 saturated heterocycles. The lowest BCUT2D eigenvalue weighted by Crippen LogP contribution is -1.98. The number of nitrogens with one attached hydrogen (secondary N) is 1. The van der Waals surface area contributed by atoms with Gasteiger partial charge in [0, 0.05) is 11.6 Å². The molecule has 2 N–H and O–H groups in total. The van der Waals surface area contributed by atoms with E-state index >= 15 is 0 Å². The first-order valence-electron chi connectivity index (χ1n) is 6.38. The van der Waals surface area contributed by atoms with Crippen LogP contribution in [0.2, 0.25) is 0 Å². The molecule has 0 fully saturated rings. The summed E-state index contributed by atoms with van der Waals surface area (Å²) in [5.74, 6) is 0.622. The van der Waals surface area contributed by atoms with Gasteiger partial charge in [0.25, 0.3) is 0 Å². The Morgan fingerprint density at radius 3 is 2.57 bits per heavy atom. The van der Waals surface area contributed by atoms with Gasteiger partial charge in [0.15, 0.2) is 0 Å². The summed E-state index contributed by atoms with van der Waals surface area (Å²) in [5.41, 5.74) is 0.595. The van der Waals surface area contributed by atoms with Gasteiger partial charge in [0.1, 0.15) is 22.2 Å². The maximum atomic E-state index is 11.5. The van der Waals surface area contributed by atoms with E-state index in [1.54, 1.807) is 26.2 Å². The minimum atomic E-state index is -1.08. The molecule has 0 saturated carbocycles. The number of benzene rings is 1. The highest BCUT2D eigenvalue weighted by atomic mass is 79.9. The Hall–Kier alpha value is -2.00. The molecule has 0 aliphatic carbocycles. The number of methoxy groups -OCH3 is 2. The number of aliphatic carboxylic acids is 1. The molecule has 1 aromatic heterocycles. The summed E-state index contributed by atoms with van der Waals surface area (Å²) in [5, 5.41) is 16.3. The van der Waals surface area contributed by atoms with Gasteiger partial charge in [-0.15, -0.1) is 5.10 Å². The highest BCUT2D eigenvalue weighted by molar-refractivity contribution is 9.10. The lowest BCUT2D eigenvalue weighted by atomic mass is 10.1. The SMILES string of the molecule is COc1cc(OC)c(/C=C(/Sc2n[nH]c(C)n2)C(=O)O)cc1Br. The molecule has 0 atom stereocenters. The third-order valence-corrected chi connectivity index (χ3v) is 4.28. The fourth-order valence-electron chi connectivity index (χ4n) is 1.74. The van der Waals surface area contributed by atoms with E-state index in [9.17, 15) is 9.90 Å². The zero-order chi connectivity index (χ0) is 17.0. The summed E-state index contributed by atoms with van der Waals surface area (Å²) in [6.07, 6.45) is 1.50. The van der Waals surface area contributed by atoms with Crippen LogP contribution in [0.5, 0.6) is 11.5 Å². The first-order chi connectivity index (χ1) is 10.9. The van der Waals surface area contributed by atoms with Crippen LogP contribution in [0.1, 0.15) is 11.4 Å². The number of halogens is 1. The summed E-state index contributed by atoms with van der Waals surface area (Å²) in [7, 11) is 3.05. The van der Waals surface area contributed by atoms with Gasteiger partial charge >= 0.3 is 5.97 Å². The molecule has 122 valence electrons. The van der Waals surface area contributed by atoms with Crippen molar-refractivity contribution in [3.05, 3.63) is 32.9 Å². The van der Waals surface area contributed by atoms with Gasteiger partial charge in [0.05, 0.1) is 18.7 Å². The topological polar surface area (TPSA) is 97.3 Å². The lowest BCUT2D eigenvalue weighted by Gasteiger charge is -2.10. The van der Waals surface area contributed by atoms with Gasteiger partial charge in [-0.1, -0.05) is 0 Å². The Morgan fingerprint density at radius 1 is 1.35 bits per heavy atom. The average Bonchev–Trinajstić information content (AvgIpc) is 2.92. The Morgan fingerprint density at radius 2 is 2.04 bits per heavy atom. The van der Waals surface area contributed by atoms with Gasteiger partial charge in [-0.2, -0.15) is 0 Å². The smallest absolute Gasteiger partial charge is 0.342 e.